The van der Waals surface area contributed by atoms with E-state index in [0.717, 1.165) is 24.0 Å². The highest BCUT2D eigenvalue weighted by Crippen LogP contribution is 2.27. The molecule has 1 N–H and O–H groups in total. The third kappa shape index (κ3) is 6.35. The first-order valence-corrected chi connectivity index (χ1v) is 12.9. The van der Waals surface area contributed by atoms with E-state index in [-0.39, 0.29) is 0 Å². The maximum absolute atomic E-state index is 13.1. The molecule has 0 aliphatic carbocycles. The van der Waals surface area contributed by atoms with Gasteiger partial charge < -0.3 is 0 Å². The first-order valence-electron chi connectivity index (χ1n) is 10.6. The van der Waals surface area contributed by atoms with E-state index in [9.17, 15) is 8.42 Å². The number of nitrogens with zero attached hydrogens (tertiary/aromatic N) is 3. The van der Waals surface area contributed by atoms with Crippen LogP contribution in [0.3, 0.4) is 0 Å². The second-order valence-corrected chi connectivity index (χ2v) is 9.93. The van der Waals surface area contributed by atoms with Crippen molar-refractivity contribution in [3.8, 4) is 11.3 Å². The van der Waals surface area contributed by atoms with Gasteiger partial charge in [-0.2, -0.15) is 9.41 Å². The maximum Gasteiger partial charge on any atom is 0.243 e. The average Bonchev–Trinajstić information content (AvgIpc) is 3.28. The number of anilines is 1. The molecular formula is C24H28N4O2S2. The van der Waals surface area contributed by atoms with Gasteiger partial charge in [-0.05, 0) is 36.6 Å². The first kappa shape index (κ1) is 23.8. The van der Waals surface area contributed by atoms with E-state index in [2.05, 4.69) is 15.5 Å². The van der Waals surface area contributed by atoms with Gasteiger partial charge in [0.15, 0.2) is 0 Å². The van der Waals surface area contributed by atoms with Crippen LogP contribution in [0, 0.1) is 0 Å². The van der Waals surface area contributed by atoms with Gasteiger partial charge in [-0.15, -0.1) is 11.3 Å². The van der Waals surface area contributed by atoms with Gasteiger partial charge in [0.05, 0.1) is 10.6 Å². The van der Waals surface area contributed by atoms with Crippen molar-refractivity contribution < 1.29 is 8.42 Å². The molecule has 0 aliphatic heterocycles. The van der Waals surface area contributed by atoms with Crippen LogP contribution in [0.2, 0.25) is 0 Å². The normalized spacial score (nSPS) is 12.2. The molecule has 3 rings (SSSR count). The van der Waals surface area contributed by atoms with E-state index in [4.69, 9.17) is 0 Å². The number of allylic oxidation sites excluding steroid dienone is 1. The number of hydrogen-bond acceptors (Lipinski definition) is 6. The summed E-state index contributed by atoms with van der Waals surface area (Å²) in [6.45, 7) is 5.00. The molecule has 0 spiro atoms. The molecule has 8 heteroatoms. The van der Waals surface area contributed by atoms with E-state index in [1.807, 2.05) is 67.8 Å². The predicted octanol–water partition coefficient (Wildman–Crippen LogP) is 5.73. The van der Waals surface area contributed by atoms with Crippen LogP contribution in [-0.2, 0) is 10.0 Å². The Hall–Kier alpha value is -2.81. The monoisotopic (exact) mass is 468 g/mol. The zero-order chi connectivity index (χ0) is 22.8. The second kappa shape index (κ2) is 11.7. The standard InChI is InChI=1S/C24H28N4O2S2/c1-3-16-28(17-4-2)32(29,30)22-14-8-13-21(18-22)23-19-31-24(26-23)27-25-15-9-12-20-10-6-5-7-11-20/h5-15,18-19H,3-4,16-17H2,1-2H3,(H,26,27)/b12-9+,25-15+. The third-order valence-electron chi connectivity index (χ3n) is 4.63. The van der Waals surface area contributed by atoms with Gasteiger partial charge in [0.1, 0.15) is 0 Å². The Morgan fingerprint density at radius 1 is 1.06 bits per heavy atom. The molecule has 0 aliphatic rings. The van der Waals surface area contributed by atoms with Crippen molar-refractivity contribution in [2.75, 3.05) is 18.5 Å². The minimum Gasteiger partial charge on any atom is -0.253 e. The van der Waals surface area contributed by atoms with E-state index < -0.39 is 10.0 Å². The molecule has 32 heavy (non-hydrogen) atoms. The Labute approximate surface area is 194 Å². The van der Waals surface area contributed by atoms with Crippen molar-refractivity contribution in [3.05, 3.63) is 71.6 Å². The molecule has 0 saturated carbocycles. The number of nitrogens with one attached hydrogen (secondary N) is 1. The van der Waals surface area contributed by atoms with Gasteiger partial charge in [0.2, 0.25) is 15.2 Å². The van der Waals surface area contributed by atoms with Gasteiger partial charge in [0.25, 0.3) is 0 Å². The Bertz CT molecular complexity index is 1150. The smallest absolute Gasteiger partial charge is 0.243 e. The molecule has 0 bridgehead atoms. The highest BCUT2D eigenvalue weighted by atomic mass is 32.2. The van der Waals surface area contributed by atoms with Crippen LogP contribution in [0.5, 0.6) is 0 Å². The molecule has 168 valence electrons. The van der Waals surface area contributed by atoms with Gasteiger partial charge in [0, 0.05) is 30.2 Å². The maximum atomic E-state index is 13.1. The summed E-state index contributed by atoms with van der Waals surface area (Å²) in [6.07, 6.45) is 7.04. The lowest BCUT2D eigenvalue weighted by Gasteiger charge is -2.21. The molecule has 0 amide bonds. The number of rotatable bonds is 11. The molecule has 0 saturated heterocycles. The van der Waals surface area contributed by atoms with Crippen molar-refractivity contribution >= 4 is 38.8 Å². The largest absolute Gasteiger partial charge is 0.253 e. The summed E-state index contributed by atoms with van der Waals surface area (Å²) in [5, 5.41) is 6.69. The molecule has 0 radical (unpaired) electrons. The Balaban J connectivity index is 1.69. The van der Waals surface area contributed by atoms with Crippen molar-refractivity contribution in [1.29, 1.82) is 0 Å². The molecule has 6 nitrogen and oxygen atoms in total. The van der Waals surface area contributed by atoms with Crippen LogP contribution >= 0.6 is 11.3 Å². The molecule has 1 heterocycles. The van der Waals surface area contributed by atoms with E-state index in [1.54, 1.807) is 28.7 Å². The fraction of sp³-hybridized carbons (Fsp3) is 0.250. The highest BCUT2D eigenvalue weighted by molar-refractivity contribution is 7.89. The zero-order valence-electron chi connectivity index (χ0n) is 18.3. The summed E-state index contributed by atoms with van der Waals surface area (Å²) in [4.78, 5) is 4.83. The third-order valence-corrected chi connectivity index (χ3v) is 7.27. The minimum absolute atomic E-state index is 0.295. The van der Waals surface area contributed by atoms with Crippen molar-refractivity contribution in [2.24, 2.45) is 5.10 Å². The molecule has 1 aromatic heterocycles. The minimum atomic E-state index is -3.53. The summed E-state index contributed by atoms with van der Waals surface area (Å²) in [7, 11) is -3.53. The Kier molecular flexibility index (Phi) is 8.72. The fourth-order valence-electron chi connectivity index (χ4n) is 3.13. The van der Waals surface area contributed by atoms with Gasteiger partial charge >= 0.3 is 0 Å². The lowest BCUT2D eigenvalue weighted by atomic mass is 10.2. The average molecular weight is 469 g/mol. The van der Waals surface area contributed by atoms with Crippen LogP contribution < -0.4 is 5.43 Å². The first-order chi connectivity index (χ1) is 15.5. The highest BCUT2D eigenvalue weighted by Gasteiger charge is 2.23. The SMILES string of the molecule is CCCN(CCC)S(=O)(=O)c1cccc(-c2csc(N/N=C/C=C/c3ccccc3)n2)c1. The number of benzene rings is 2. The van der Waals surface area contributed by atoms with Crippen molar-refractivity contribution in [1.82, 2.24) is 9.29 Å². The van der Waals surface area contributed by atoms with Crippen molar-refractivity contribution in [3.63, 3.8) is 0 Å². The fourth-order valence-corrected chi connectivity index (χ4v) is 5.47. The quantitative estimate of drug-likeness (QED) is 0.288. The van der Waals surface area contributed by atoms with Crippen LogP contribution in [0.15, 0.2) is 76.1 Å². The van der Waals surface area contributed by atoms with E-state index in [1.165, 1.54) is 11.3 Å². The topological polar surface area (TPSA) is 74.7 Å². The summed E-state index contributed by atoms with van der Waals surface area (Å²) < 4.78 is 27.7. The number of aromatic nitrogens is 1. The Morgan fingerprint density at radius 3 is 2.53 bits per heavy atom. The summed E-state index contributed by atoms with van der Waals surface area (Å²) in [5.74, 6) is 0. The van der Waals surface area contributed by atoms with Gasteiger partial charge in [-0.25, -0.2) is 13.4 Å². The van der Waals surface area contributed by atoms with Crippen LogP contribution in [0.4, 0.5) is 5.13 Å². The molecule has 0 unspecified atom stereocenters. The lowest BCUT2D eigenvalue weighted by molar-refractivity contribution is 0.410. The molecular weight excluding hydrogens is 440 g/mol. The zero-order valence-corrected chi connectivity index (χ0v) is 19.9. The van der Waals surface area contributed by atoms with Crippen LogP contribution in [-0.4, -0.2) is 37.0 Å². The number of hydrogen-bond donors (Lipinski definition) is 1. The van der Waals surface area contributed by atoms with Crippen LogP contribution in [0.1, 0.15) is 32.3 Å². The van der Waals surface area contributed by atoms with Crippen molar-refractivity contribution in [2.45, 2.75) is 31.6 Å². The Morgan fingerprint density at radius 2 is 1.81 bits per heavy atom. The predicted molar refractivity (Wildman–Crippen MR) is 134 cm³/mol. The molecule has 0 fully saturated rings. The summed E-state index contributed by atoms with van der Waals surface area (Å²) in [5.41, 5.74) is 5.49. The summed E-state index contributed by atoms with van der Waals surface area (Å²) in [6, 6.07) is 16.9. The molecule has 0 atom stereocenters. The second-order valence-electron chi connectivity index (χ2n) is 7.13. The number of hydrazone groups is 1. The molecule has 3 aromatic rings. The number of thiazole rings is 1. The number of sulfonamides is 1. The van der Waals surface area contributed by atoms with Crippen LogP contribution in [0.25, 0.3) is 17.3 Å². The van der Waals surface area contributed by atoms with E-state index in [0.29, 0.717) is 28.8 Å². The summed E-state index contributed by atoms with van der Waals surface area (Å²) >= 11 is 1.41. The lowest BCUT2D eigenvalue weighted by Crippen LogP contribution is -2.32. The van der Waals surface area contributed by atoms with Gasteiger partial charge in [-0.3, -0.25) is 5.43 Å². The van der Waals surface area contributed by atoms with E-state index >= 15 is 0 Å². The van der Waals surface area contributed by atoms with Gasteiger partial charge in [-0.1, -0.05) is 62.4 Å². The molecule has 2 aromatic carbocycles.